The van der Waals surface area contributed by atoms with Gasteiger partial charge in [0.2, 0.25) is 0 Å². The molecule has 1 saturated heterocycles. The van der Waals surface area contributed by atoms with Crippen LogP contribution in [-0.2, 0) is 10.3 Å². The summed E-state index contributed by atoms with van der Waals surface area (Å²) >= 11 is 0. The van der Waals surface area contributed by atoms with Crippen LogP contribution >= 0.6 is 0 Å². The Kier molecular flexibility index (Phi) is 4.63. The van der Waals surface area contributed by atoms with Gasteiger partial charge in [-0.15, -0.1) is 0 Å². The second kappa shape index (κ2) is 6.47. The lowest BCUT2D eigenvalue weighted by molar-refractivity contribution is -0.0845. The van der Waals surface area contributed by atoms with Crippen molar-refractivity contribution >= 4 is 0 Å². The van der Waals surface area contributed by atoms with Crippen molar-refractivity contribution in [2.75, 3.05) is 32.8 Å². The van der Waals surface area contributed by atoms with E-state index >= 15 is 0 Å². The van der Waals surface area contributed by atoms with Gasteiger partial charge in [-0.1, -0.05) is 37.3 Å². The topological polar surface area (TPSA) is 32.7 Å². The highest BCUT2D eigenvalue weighted by Gasteiger charge is 2.42. The number of benzene rings is 1. The first-order valence-corrected chi connectivity index (χ1v) is 8.26. The van der Waals surface area contributed by atoms with Gasteiger partial charge < -0.3 is 9.84 Å². The number of ether oxygens (including phenoxy) is 1. The predicted octanol–water partition coefficient (Wildman–Crippen LogP) is 2.64. The van der Waals surface area contributed by atoms with E-state index in [2.05, 4.69) is 24.0 Å². The number of hydrogen-bond acceptors (Lipinski definition) is 3. The van der Waals surface area contributed by atoms with Gasteiger partial charge in [-0.3, -0.25) is 4.90 Å². The molecule has 2 aliphatic rings. The van der Waals surface area contributed by atoms with Crippen LogP contribution in [0.15, 0.2) is 30.3 Å². The molecule has 1 aromatic rings. The molecule has 3 atom stereocenters. The number of hydrogen-bond donors (Lipinski definition) is 1. The van der Waals surface area contributed by atoms with E-state index in [9.17, 15) is 5.11 Å². The quantitative estimate of drug-likeness (QED) is 0.928. The van der Waals surface area contributed by atoms with E-state index in [0.29, 0.717) is 11.8 Å². The molecule has 1 saturated carbocycles. The van der Waals surface area contributed by atoms with Crippen molar-refractivity contribution in [3.05, 3.63) is 35.9 Å². The molecule has 1 aliphatic carbocycles. The zero-order chi connectivity index (χ0) is 14.7. The number of rotatable bonds is 3. The highest BCUT2D eigenvalue weighted by molar-refractivity contribution is 5.24. The second-order valence-corrected chi connectivity index (χ2v) is 6.78. The molecule has 3 rings (SSSR count). The third-order valence-corrected chi connectivity index (χ3v) is 5.24. The van der Waals surface area contributed by atoms with Crippen molar-refractivity contribution < 1.29 is 9.84 Å². The van der Waals surface area contributed by atoms with Gasteiger partial charge in [-0.25, -0.2) is 0 Å². The summed E-state index contributed by atoms with van der Waals surface area (Å²) in [5, 5.41) is 11.4. The van der Waals surface area contributed by atoms with E-state index in [0.717, 1.165) is 57.7 Å². The Bertz CT molecular complexity index is 444. The average Bonchev–Trinajstić information content (AvgIpc) is 2.53. The first kappa shape index (κ1) is 15.0. The lowest BCUT2D eigenvalue weighted by atomic mass is 9.68. The van der Waals surface area contributed by atoms with Crippen molar-refractivity contribution in [2.24, 2.45) is 11.8 Å². The van der Waals surface area contributed by atoms with E-state index in [4.69, 9.17) is 4.74 Å². The van der Waals surface area contributed by atoms with Crippen LogP contribution in [-0.4, -0.2) is 42.9 Å². The Morgan fingerprint density at radius 3 is 2.67 bits per heavy atom. The summed E-state index contributed by atoms with van der Waals surface area (Å²) in [5.41, 5.74) is 0.432. The molecule has 3 unspecified atom stereocenters. The number of nitrogens with zero attached hydrogens (tertiary/aromatic N) is 1. The zero-order valence-corrected chi connectivity index (χ0v) is 13.0. The van der Waals surface area contributed by atoms with Crippen LogP contribution in [0.2, 0.25) is 0 Å². The number of morpholine rings is 1. The van der Waals surface area contributed by atoms with Gasteiger partial charge in [-0.05, 0) is 30.7 Å². The van der Waals surface area contributed by atoms with Gasteiger partial charge in [0, 0.05) is 25.6 Å². The van der Waals surface area contributed by atoms with Crippen LogP contribution in [0.5, 0.6) is 0 Å². The molecule has 0 aromatic heterocycles. The third-order valence-electron chi connectivity index (χ3n) is 5.24. The van der Waals surface area contributed by atoms with Crippen molar-refractivity contribution in [2.45, 2.75) is 31.8 Å². The van der Waals surface area contributed by atoms with Crippen molar-refractivity contribution in [3.8, 4) is 0 Å². The number of aliphatic hydroxyl groups is 1. The molecule has 1 heterocycles. The van der Waals surface area contributed by atoms with Gasteiger partial charge in [0.25, 0.3) is 0 Å². The normalized spacial score (nSPS) is 34.8. The smallest absolute Gasteiger partial charge is 0.0936 e. The van der Waals surface area contributed by atoms with Crippen molar-refractivity contribution in [1.82, 2.24) is 4.90 Å². The minimum atomic E-state index is -0.661. The second-order valence-electron chi connectivity index (χ2n) is 6.78. The standard InChI is InChI=1S/C18H27NO2/c1-15-7-8-18(20,16-5-3-2-4-6-16)17(13-15)14-19-9-11-21-12-10-19/h2-6,15,17,20H,7-14H2,1H3. The lowest BCUT2D eigenvalue weighted by Gasteiger charge is -2.45. The molecule has 1 aromatic carbocycles. The van der Waals surface area contributed by atoms with Crippen LogP contribution in [0.1, 0.15) is 31.7 Å². The molecule has 0 radical (unpaired) electrons. The Morgan fingerprint density at radius 1 is 1.24 bits per heavy atom. The molecule has 1 N–H and O–H groups in total. The first-order valence-electron chi connectivity index (χ1n) is 8.26. The Morgan fingerprint density at radius 2 is 1.95 bits per heavy atom. The lowest BCUT2D eigenvalue weighted by Crippen LogP contribution is -2.48. The Labute approximate surface area is 127 Å². The van der Waals surface area contributed by atoms with Crippen molar-refractivity contribution in [1.29, 1.82) is 0 Å². The molecular weight excluding hydrogens is 262 g/mol. The van der Waals surface area contributed by atoms with E-state index in [1.807, 2.05) is 18.2 Å². The summed E-state index contributed by atoms with van der Waals surface area (Å²) in [6, 6.07) is 10.3. The van der Waals surface area contributed by atoms with Gasteiger partial charge >= 0.3 is 0 Å². The molecule has 2 fully saturated rings. The maximum Gasteiger partial charge on any atom is 0.0936 e. The minimum absolute atomic E-state index is 0.321. The summed E-state index contributed by atoms with van der Waals surface area (Å²) in [6.45, 7) is 6.94. The van der Waals surface area contributed by atoms with Gasteiger partial charge in [-0.2, -0.15) is 0 Å². The highest BCUT2D eigenvalue weighted by atomic mass is 16.5. The molecule has 3 nitrogen and oxygen atoms in total. The average molecular weight is 289 g/mol. The largest absolute Gasteiger partial charge is 0.385 e. The summed E-state index contributed by atoms with van der Waals surface area (Å²) in [4.78, 5) is 2.46. The molecule has 0 bridgehead atoms. The van der Waals surface area contributed by atoms with Crippen LogP contribution in [0.25, 0.3) is 0 Å². The third kappa shape index (κ3) is 3.31. The minimum Gasteiger partial charge on any atom is -0.385 e. The van der Waals surface area contributed by atoms with E-state index in [-0.39, 0.29) is 0 Å². The monoisotopic (exact) mass is 289 g/mol. The molecule has 3 heteroatoms. The molecule has 116 valence electrons. The zero-order valence-electron chi connectivity index (χ0n) is 13.0. The molecule has 0 amide bonds. The fourth-order valence-corrected chi connectivity index (χ4v) is 3.90. The van der Waals surface area contributed by atoms with Gasteiger partial charge in [0.15, 0.2) is 0 Å². The van der Waals surface area contributed by atoms with Crippen LogP contribution in [0.3, 0.4) is 0 Å². The van der Waals surface area contributed by atoms with E-state index < -0.39 is 5.60 Å². The highest BCUT2D eigenvalue weighted by Crippen LogP contribution is 2.44. The first-order chi connectivity index (χ1) is 10.2. The molecule has 1 aliphatic heterocycles. The fourth-order valence-electron chi connectivity index (χ4n) is 3.90. The predicted molar refractivity (Wildman–Crippen MR) is 84.1 cm³/mol. The maximum absolute atomic E-state index is 11.4. The van der Waals surface area contributed by atoms with Crippen molar-refractivity contribution in [3.63, 3.8) is 0 Å². The van der Waals surface area contributed by atoms with E-state index in [1.54, 1.807) is 0 Å². The summed E-state index contributed by atoms with van der Waals surface area (Å²) in [6.07, 6.45) is 3.11. The Hall–Kier alpha value is -0.900. The van der Waals surface area contributed by atoms with Crippen LogP contribution in [0, 0.1) is 11.8 Å². The molecular formula is C18H27NO2. The SMILES string of the molecule is CC1CCC(O)(c2ccccc2)C(CN2CCOCC2)C1. The molecule has 0 spiro atoms. The van der Waals surface area contributed by atoms with E-state index in [1.165, 1.54) is 0 Å². The molecule has 21 heavy (non-hydrogen) atoms. The fraction of sp³-hybridized carbons (Fsp3) is 0.667. The summed E-state index contributed by atoms with van der Waals surface area (Å²) in [5.74, 6) is 1.03. The van der Waals surface area contributed by atoms with Crippen LogP contribution < -0.4 is 0 Å². The van der Waals surface area contributed by atoms with Gasteiger partial charge in [0.05, 0.1) is 18.8 Å². The van der Waals surface area contributed by atoms with Gasteiger partial charge in [0.1, 0.15) is 0 Å². The van der Waals surface area contributed by atoms with Crippen LogP contribution in [0.4, 0.5) is 0 Å². The Balaban J connectivity index is 1.79. The summed E-state index contributed by atoms with van der Waals surface area (Å²) in [7, 11) is 0. The maximum atomic E-state index is 11.4. The summed E-state index contributed by atoms with van der Waals surface area (Å²) < 4.78 is 5.44.